The highest BCUT2D eigenvalue weighted by molar-refractivity contribution is 6.04. The predicted molar refractivity (Wildman–Crippen MR) is 113 cm³/mol. The van der Waals surface area contributed by atoms with Gasteiger partial charge in [0.05, 0.1) is 13.7 Å². The van der Waals surface area contributed by atoms with E-state index in [0.717, 1.165) is 12.8 Å². The van der Waals surface area contributed by atoms with Crippen molar-refractivity contribution in [1.29, 1.82) is 0 Å². The Morgan fingerprint density at radius 1 is 1.13 bits per heavy atom. The minimum atomic E-state index is -0.640. The number of aromatic nitrogens is 2. The third-order valence-corrected chi connectivity index (χ3v) is 4.52. The molecule has 0 saturated heterocycles. The Morgan fingerprint density at radius 3 is 2.73 bits per heavy atom. The van der Waals surface area contributed by atoms with Crippen molar-refractivity contribution in [3.8, 4) is 22.9 Å². The van der Waals surface area contributed by atoms with Crippen molar-refractivity contribution in [1.82, 2.24) is 10.1 Å². The molecule has 8 heteroatoms. The Labute approximate surface area is 174 Å². The summed E-state index contributed by atoms with van der Waals surface area (Å²) in [5, 5.41) is 6.48. The summed E-state index contributed by atoms with van der Waals surface area (Å²) in [5.74, 6) is 0.473. The molecule has 0 bridgehead atoms. The Morgan fingerprint density at radius 2 is 2.00 bits per heavy atom. The Bertz CT molecular complexity index is 1040. The molecule has 2 aromatic carbocycles. The third kappa shape index (κ3) is 5.50. The molecule has 0 atom stereocenters. The molecule has 0 radical (unpaired) electrons. The van der Waals surface area contributed by atoms with Gasteiger partial charge in [-0.05, 0) is 36.8 Å². The highest BCUT2D eigenvalue weighted by atomic mass is 16.5. The molecule has 3 aromatic rings. The number of hydrogen-bond donors (Lipinski definition) is 2. The number of carbonyl (C=O) groups is 1. The van der Waals surface area contributed by atoms with Gasteiger partial charge in [0.25, 0.3) is 5.91 Å². The molecule has 0 aliphatic heterocycles. The topological polar surface area (TPSA) is 106 Å². The molecule has 2 N–H and O–H groups in total. The van der Waals surface area contributed by atoms with E-state index in [2.05, 4.69) is 26.9 Å². The summed E-state index contributed by atoms with van der Waals surface area (Å²) in [5.41, 5.74) is 1.60. The van der Waals surface area contributed by atoms with Gasteiger partial charge in [-0.1, -0.05) is 43.5 Å². The quantitative estimate of drug-likeness (QED) is 0.483. The number of benzene rings is 2. The van der Waals surface area contributed by atoms with Crippen molar-refractivity contribution in [2.24, 2.45) is 0 Å². The van der Waals surface area contributed by atoms with E-state index in [1.807, 2.05) is 0 Å². The van der Waals surface area contributed by atoms with Gasteiger partial charge in [0.2, 0.25) is 0 Å². The van der Waals surface area contributed by atoms with E-state index in [0.29, 0.717) is 40.7 Å². The van der Waals surface area contributed by atoms with Gasteiger partial charge in [0.1, 0.15) is 0 Å². The molecule has 0 aliphatic rings. The van der Waals surface area contributed by atoms with Gasteiger partial charge < -0.3 is 14.8 Å². The van der Waals surface area contributed by atoms with Crippen molar-refractivity contribution in [2.45, 2.75) is 32.6 Å². The second-order valence-corrected chi connectivity index (χ2v) is 6.75. The van der Waals surface area contributed by atoms with Crippen LogP contribution in [0.3, 0.4) is 0 Å². The minimum absolute atomic E-state index is 0.290. The zero-order valence-corrected chi connectivity index (χ0v) is 17.1. The summed E-state index contributed by atoms with van der Waals surface area (Å²) >= 11 is 0. The smallest absolute Gasteiger partial charge is 0.439 e. The maximum atomic E-state index is 12.7. The number of methoxy groups -OCH3 is 1. The van der Waals surface area contributed by atoms with Crippen molar-refractivity contribution in [2.75, 3.05) is 19.0 Å². The molecule has 3 rings (SSSR count). The van der Waals surface area contributed by atoms with Crippen LogP contribution in [0, 0.1) is 0 Å². The van der Waals surface area contributed by atoms with Gasteiger partial charge in [-0.25, -0.2) is 4.79 Å². The number of anilines is 1. The van der Waals surface area contributed by atoms with Crippen LogP contribution in [0.25, 0.3) is 11.4 Å². The summed E-state index contributed by atoms with van der Waals surface area (Å²) < 4.78 is 15.7. The van der Waals surface area contributed by atoms with E-state index < -0.39 is 5.76 Å². The Balaban J connectivity index is 1.67. The first-order chi connectivity index (χ1) is 14.6. The molecule has 0 spiro atoms. The van der Waals surface area contributed by atoms with E-state index >= 15 is 0 Å². The van der Waals surface area contributed by atoms with Gasteiger partial charge in [-0.2, -0.15) is 0 Å². The lowest BCUT2D eigenvalue weighted by atomic mass is 10.1. The summed E-state index contributed by atoms with van der Waals surface area (Å²) in [6, 6.07) is 12.0. The summed E-state index contributed by atoms with van der Waals surface area (Å²) in [7, 11) is 1.54. The average molecular weight is 411 g/mol. The van der Waals surface area contributed by atoms with Crippen LogP contribution >= 0.6 is 0 Å². The maximum absolute atomic E-state index is 12.7. The lowest BCUT2D eigenvalue weighted by Crippen LogP contribution is -2.12. The first-order valence-corrected chi connectivity index (χ1v) is 9.89. The Hall–Kier alpha value is -3.55. The Kier molecular flexibility index (Phi) is 7.26. The first kappa shape index (κ1) is 21.2. The van der Waals surface area contributed by atoms with E-state index in [4.69, 9.17) is 9.47 Å². The van der Waals surface area contributed by atoms with Crippen LogP contribution in [0.15, 0.2) is 51.8 Å². The van der Waals surface area contributed by atoms with Crippen molar-refractivity contribution < 1.29 is 18.8 Å². The molecular weight excluding hydrogens is 386 g/mol. The fourth-order valence-electron chi connectivity index (χ4n) is 2.94. The number of ether oxygens (including phenoxy) is 2. The SMILES string of the molecule is CCCCCCOc1ccc(C(=O)Nc2cccc(-c3noc(=O)[nH]3)c2)cc1OC. The van der Waals surface area contributed by atoms with Gasteiger partial charge >= 0.3 is 5.76 Å². The number of rotatable bonds is 10. The van der Waals surface area contributed by atoms with Gasteiger partial charge in [0.15, 0.2) is 17.3 Å². The standard InChI is InChI=1S/C22H25N3O5/c1-3-4-5-6-12-29-18-11-10-16(14-19(18)28-2)21(26)23-17-9-7-8-15(13-17)20-24-22(27)30-25-20/h7-11,13-14H,3-6,12H2,1-2H3,(H,23,26)(H,24,25,27). The number of carbonyl (C=O) groups excluding carboxylic acids is 1. The molecule has 8 nitrogen and oxygen atoms in total. The normalized spacial score (nSPS) is 10.6. The van der Waals surface area contributed by atoms with E-state index in [1.165, 1.54) is 12.8 Å². The zero-order chi connectivity index (χ0) is 21.3. The van der Waals surface area contributed by atoms with Gasteiger partial charge in [-0.3, -0.25) is 14.3 Å². The molecule has 158 valence electrons. The minimum Gasteiger partial charge on any atom is -0.493 e. The molecule has 0 aliphatic carbocycles. The largest absolute Gasteiger partial charge is 0.493 e. The molecule has 1 aromatic heterocycles. The van der Waals surface area contributed by atoms with Crippen molar-refractivity contribution in [3.63, 3.8) is 0 Å². The number of unbranched alkanes of at least 4 members (excludes halogenated alkanes) is 3. The number of hydrogen-bond acceptors (Lipinski definition) is 6. The lowest BCUT2D eigenvalue weighted by molar-refractivity contribution is 0.102. The maximum Gasteiger partial charge on any atom is 0.439 e. The number of H-pyrrole nitrogens is 1. The molecule has 1 heterocycles. The van der Waals surface area contributed by atoms with Crippen LogP contribution in [0.2, 0.25) is 0 Å². The number of nitrogens with one attached hydrogen (secondary N) is 2. The highest BCUT2D eigenvalue weighted by Gasteiger charge is 2.13. The molecule has 0 unspecified atom stereocenters. The third-order valence-electron chi connectivity index (χ3n) is 4.52. The monoisotopic (exact) mass is 411 g/mol. The van der Waals surface area contributed by atoms with Crippen LogP contribution in [0.1, 0.15) is 43.0 Å². The van der Waals surface area contributed by atoms with Gasteiger partial charge in [0, 0.05) is 16.8 Å². The van der Waals surface area contributed by atoms with E-state index in [1.54, 1.807) is 49.6 Å². The molecule has 1 amide bonds. The van der Waals surface area contributed by atoms with Crippen LogP contribution in [0.5, 0.6) is 11.5 Å². The molecule has 30 heavy (non-hydrogen) atoms. The summed E-state index contributed by atoms with van der Waals surface area (Å²) in [6.07, 6.45) is 4.47. The molecule has 0 fully saturated rings. The highest BCUT2D eigenvalue weighted by Crippen LogP contribution is 2.29. The molecule has 0 saturated carbocycles. The van der Waals surface area contributed by atoms with Crippen LogP contribution in [0.4, 0.5) is 5.69 Å². The van der Waals surface area contributed by atoms with Gasteiger partial charge in [-0.15, -0.1) is 0 Å². The number of nitrogens with zero attached hydrogens (tertiary/aromatic N) is 1. The number of aromatic amines is 1. The van der Waals surface area contributed by atoms with E-state index in [9.17, 15) is 9.59 Å². The predicted octanol–water partition coefficient (Wildman–Crippen LogP) is 4.25. The number of amides is 1. The van der Waals surface area contributed by atoms with Crippen molar-refractivity contribution in [3.05, 3.63) is 58.6 Å². The fraction of sp³-hybridized carbons (Fsp3) is 0.318. The first-order valence-electron chi connectivity index (χ1n) is 9.89. The molecular formula is C22H25N3O5. The zero-order valence-electron chi connectivity index (χ0n) is 17.1. The fourth-order valence-corrected chi connectivity index (χ4v) is 2.94. The van der Waals surface area contributed by atoms with Crippen LogP contribution in [-0.4, -0.2) is 29.8 Å². The lowest BCUT2D eigenvalue weighted by Gasteiger charge is -2.12. The van der Waals surface area contributed by atoms with Crippen LogP contribution < -0.4 is 20.5 Å². The summed E-state index contributed by atoms with van der Waals surface area (Å²) in [4.78, 5) is 26.3. The second kappa shape index (κ2) is 10.3. The van der Waals surface area contributed by atoms with E-state index in [-0.39, 0.29) is 5.91 Å². The average Bonchev–Trinajstić information content (AvgIpc) is 3.20. The second-order valence-electron chi connectivity index (χ2n) is 6.75. The van der Waals surface area contributed by atoms with Crippen LogP contribution in [-0.2, 0) is 0 Å². The summed E-state index contributed by atoms with van der Waals surface area (Å²) in [6.45, 7) is 2.78. The van der Waals surface area contributed by atoms with Crippen molar-refractivity contribution >= 4 is 11.6 Å².